The third kappa shape index (κ3) is 2.44. The minimum absolute atomic E-state index is 0.0708. The lowest BCUT2D eigenvalue weighted by atomic mass is 9.66. The van der Waals surface area contributed by atoms with Gasteiger partial charge in [-0.2, -0.15) is 0 Å². The molecule has 0 saturated carbocycles. The third-order valence-corrected chi connectivity index (χ3v) is 5.20. The van der Waals surface area contributed by atoms with Crippen molar-refractivity contribution >= 4 is 34.6 Å². The molecular weight excluding hydrogens is 315 g/mol. The second-order valence-corrected chi connectivity index (χ2v) is 6.87. The van der Waals surface area contributed by atoms with E-state index >= 15 is 0 Å². The van der Waals surface area contributed by atoms with Crippen molar-refractivity contribution in [2.75, 3.05) is 10.5 Å². The summed E-state index contributed by atoms with van der Waals surface area (Å²) in [5.74, 6) is 0. The predicted octanol–water partition coefficient (Wildman–Crippen LogP) is 5.05. The zero-order valence-electron chi connectivity index (χ0n) is 14.7. The normalized spacial score (nSPS) is 12.6. The van der Waals surface area contributed by atoms with Gasteiger partial charge < -0.3 is 10.5 Å². The van der Waals surface area contributed by atoms with Crippen LogP contribution in [-0.2, 0) is 0 Å². The van der Waals surface area contributed by atoms with E-state index in [0.29, 0.717) is 0 Å². The van der Waals surface area contributed by atoms with E-state index in [9.17, 15) is 0 Å². The number of hydrogen-bond acceptors (Lipinski definition) is 2. The highest BCUT2D eigenvalue weighted by Gasteiger charge is 2.25. The van der Waals surface area contributed by atoms with Crippen LogP contribution in [0, 0.1) is 6.92 Å². The Kier molecular flexibility index (Phi) is 3.46. The van der Waals surface area contributed by atoms with Crippen molar-refractivity contribution in [3.05, 3.63) is 90.5 Å². The van der Waals surface area contributed by atoms with Crippen LogP contribution in [0.3, 0.4) is 0 Å². The molecule has 0 radical (unpaired) electrons. The lowest BCUT2D eigenvalue weighted by molar-refractivity contribution is 1.46. The van der Waals surface area contributed by atoms with Gasteiger partial charge in [-0.15, -0.1) is 0 Å². The minimum Gasteiger partial charge on any atom is -0.405 e. The Morgan fingerprint density at radius 3 is 1.96 bits per heavy atom. The Labute approximate surface area is 154 Å². The van der Waals surface area contributed by atoms with E-state index in [4.69, 9.17) is 0 Å². The molecule has 0 amide bonds. The number of benzene rings is 4. The van der Waals surface area contributed by atoms with Gasteiger partial charge in [0, 0.05) is 16.8 Å². The van der Waals surface area contributed by atoms with Crippen molar-refractivity contribution in [2.45, 2.75) is 6.92 Å². The number of rotatable bonds is 2. The smallest absolute Gasteiger partial charge is 0.405 e. The van der Waals surface area contributed by atoms with Crippen LogP contribution in [-0.4, -0.2) is 6.98 Å². The van der Waals surface area contributed by atoms with Gasteiger partial charge >= 0.3 is 6.98 Å². The third-order valence-electron chi connectivity index (χ3n) is 5.20. The Hall–Kier alpha value is -3.20. The minimum atomic E-state index is 0.0708. The van der Waals surface area contributed by atoms with Crippen LogP contribution in [0.2, 0.25) is 0 Å². The van der Waals surface area contributed by atoms with Gasteiger partial charge in [0.25, 0.3) is 0 Å². The molecule has 3 heteroatoms. The molecule has 0 aliphatic carbocycles. The highest BCUT2D eigenvalue weighted by molar-refractivity contribution is 6.80. The standard InChI is InChI=1S/C23H19BN2/c1-16-6-2-3-9-20(16)17-12-14-19(15-13-17)24-25-21-10-4-7-18-8-5-11-22(26-24)23(18)21/h2-15,25-26H,1H3. The van der Waals surface area contributed by atoms with Gasteiger partial charge in [0.15, 0.2) is 0 Å². The fraction of sp³-hybridized carbons (Fsp3) is 0.0435. The van der Waals surface area contributed by atoms with E-state index < -0.39 is 0 Å². The number of aryl methyl sites for hydroxylation is 1. The maximum Gasteiger partial charge on any atom is 0.406 e. The molecule has 0 bridgehead atoms. The molecule has 1 heterocycles. The molecule has 4 aromatic carbocycles. The molecule has 2 nitrogen and oxygen atoms in total. The number of anilines is 2. The highest BCUT2D eigenvalue weighted by atomic mass is 15.0. The van der Waals surface area contributed by atoms with E-state index in [2.05, 4.69) is 102 Å². The fourth-order valence-corrected chi connectivity index (χ4v) is 3.85. The van der Waals surface area contributed by atoms with Crippen molar-refractivity contribution in [1.29, 1.82) is 0 Å². The van der Waals surface area contributed by atoms with Crippen LogP contribution >= 0.6 is 0 Å². The summed E-state index contributed by atoms with van der Waals surface area (Å²) in [6.45, 7) is 2.23. The molecule has 1 aliphatic rings. The van der Waals surface area contributed by atoms with Gasteiger partial charge in [-0.1, -0.05) is 72.8 Å². The number of hydrogen-bond donors (Lipinski definition) is 2. The molecule has 0 fully saturated rings. The molecule has 0 unspecified atom stereocenters. The topological polar surface area (TPSA) is 24.1 Å². The SMILES string of the molecule is Cc1ccccc1-c1ccc(B2Nc3cccc4cccc(c34)N2)cc1. The van der Waals surface area contributed by atoms with Gasteiger partial charge in [0.1, 0.15) is 0 Å². The maximum atomic E-state index is 3.64. The Morgan fingerprint density at radius 1 is 0.654 bits per heavy atom. The van der Waals surface area contributed by atoms with Crippen LogP contribution in [0.25, 0.3) is 21.9 Å². The quantitative estimate of drug-likeness (QED) is 0.501. The molecular formula is C23H19BN2. The van der Waals surface area contributed by atoms with Crippen molar-refractivity contribution in [3.63, 3.8) is 0 Å². The summed E-state index contributed by atoms with van der Waals surface area (Å²) in [6.07, 6.45) is 0. The molecule has 0 spiro atoms. The van der Waals surface area contributed by atoms with Crippen LogP contribution in [0.4, 0.5) is 11.4 Å². The molecule has 2 N–H and O–H groups in total. The lowest BCUT2D eigenvalue weighted by Gasteiger charge is -2.27. The van der Waals surface area contributed by atoms with Crippen molar-refractivity contribution in [1.82, 2.24) is 0 Å². The summed E-state index contributed by atoms with van der Waals surface area (Å²) in [7, 11) is 0. The van der Waals surface area contributed by atoms with Gasteiger partial charge in [0.2, 0.25) is 0 Å². The second-order valence-electron chi connectivity index (χ2n) is 6.87. The van der Waals surface area contributed by atoms with E-state index in [0.717, 1.165) is 0 Å². The van der Waals surface area contributed by atoms with Gasteiger partial charge in [0.05, 0.1) is 0 Å². The first-order chi connectivity index (χ1) is 12.8. The molecule has 0 aromatic heterocycles. The largest absolute Gasteiger partial charge is 0.406 e. The zero-order chi connectivity index (χ0) is 17.5. The molecule has 0 atom stereocenters. The Balaban J connectivity index is 1.49. The molecule has 26 heavy (non-hydrogen) atoms. The van der Waals surface area contributed by atoms with Crippen LogP contribution < -0.4 is 15.9 Å². The summed E-state index contributed by atoms with van der Waals surface area (Å²) < 4.78 is 0. The maximum absolute atomic E-state index is 3.64. The van der Waals surface area contributed by atoms with E-state index in [1.165, 1.54) is 44.3 Å². The zero-order valence-corrected chi connectivity index (χ0v) is 14.7. The summed E-state index contributed by atoms with van der Waals surface area (Å²) in [6, 6.07) is 30.2. The highest BCUT2D eigenvalue weighted by Crippen LogP contribution is 2.33. The number of nitrogens with one attached hydrogen (secondary N) is 2. The van der Waals surface area contributed by atoms with E-state index in [-0.39, 0.29) is 6.98 Å². The van der Waals surface area contributed by atoms with Gasteiger partial charge in [-0.05, 0) is 46.6 Å². The average molecular weight is 334 g/mol. The predicted molar refractivity (Wildman–Crippen MR) is 113 cm³/mol. The monoisotopic (exact) mass is 334 g/mol. The van der Waals surface area contributed by atoms with E-state index in [1.54, 1.807) is 0 Å². The first-order valence-corrected chi connectivity index (χ1v) is 9.00. The second kappa shape index (κ2) is 5.96. The summed E-state index contributed by atoms with van der Waals surface area (Å²) in [5.41, 5.74) is 7.45. The van der Waals surface area contributed by atoms with Crippen LogP contribution in [0.1, 0.15) is 5.56 Å². The van der Waals surface area contributed by atoms with Crippen molar-refractivity contribution < 1.29 is 0 Å². The van der Waals surface area contributed by atoms with Crippen LogP contribution in [0.15, 0.2) is 84.9 Å². The Morgan fingerprint density at radius 2 is 1.31 bits per heavy atom. The fourth-order valence-electron chi connectivity index (χ4n) is 3.85. The van der Waals surface area contributed by atoms with Crippen LogP contribution in [0.5, 0.6) is 0 Å². The first-order valence-electron chi connectivity index (χ1n) is 9.00. The van der Waals surface area contributed by atoms with Crippen molar-refractivity contribution in [2.24, 2.45) is 0 Å². The summed E-state index contributed by atoms with van der Waals surface area (Å²) in [5, 5.41) is 9.80. The lowest BCUT2D eigenvalue weighted by Crippen LogP contribution is -2.47. The van der Waals surface area contributed by atoms with Gasteiger partial charge in [-0.3, -0.25) is 0 Å². The Bertz CT molecular complexity index is 1060. The molecule has 5 rings (SSSR count). The molecule has 1 aliphatic heterocycles. The van der Waals surface area contributed by atoms with Crippen molar-refractivity contribution in [3.8, 4) is 11.1 Å². The summed E-state index contributed by atoms with van der Waals surface area (Å²) >= 11 is 0. The molecule has 124 valence electrons. The van der Waals surface area contributed by atoms with Gasteiger partial charge in [-0.25, -0.2) is 0 Å². The molecule has 4 aromatic rings. The summed E-state index contributed by atoms with van der Waals surface area (Å²) in [4.78, 5) is 0. The molecule has 0 saturated heterocycles. The average Bonchev–Trinajstić information content (AvgIpc) is 2.69. The van der Waals surface area contributed by atoms with E-state index in [1.807, 2.05) is 0 Å². The first kappa shape index (κ1) is 15.1.